The molecular weight excluding hydrogens is 262 g/mol. The minimum Gasteiger partial charge on any atom is -0.303 e. The SMILES string of the molecule is O=P(O)(O)O.[Er]. The molecule has 44 valence electrons. The third-order valence-corrected chi connectivity index (χ3v) is 0. The molecule has 0 aliphatic heterocycles. The third-order valence-electron chi connectivity index (χ3n) is 0. The molecule has 0 aromatic heterocycles. The molecule has 6 heavy (non-hydrogen) atoms. The van der Waals surface area contributed by atoms with E-state index in [2.05, 4.69) is 0 Å². The van der Waals surface area contributed by atoms with Gasteiger partial charge in [-0.15, -0.1) is 0 Å². The first kappa shape index (κ1) is 10.4. The van der Waals surface area contributed by atoms with E-state index >= 15 is 0 Å². The standard InChI is InChI=1S/Er.H3O4P/c;1-5(2,3)4/h;(H3,1,2,3,4). The first-order valence-corrected chi connectivity index (χ1v) is 2.35. The Bertz CT molecular complexity index is 53.7. The minimum atomic E-state index is -4.64. The molecule has 0 amide bonds. The van der Waals surface area contributed by atoms with E-state index in [1.165, 1.54) is 0 Å². The van der Waals surface area contributed by atoms with Crippen LogP contribution >= 0.6 is 7.82 Å². The summed E-state index contributed by atoms with van der Waals surface area (Å²) >= 11 is 0. The molecule has 3 N–H and O–H groups in total. The zero-order chi connectivity index (χ0) is 4.50. The van der Waals surface area contributed by atoms with Crippen LogP contribution in [-0.4, -0.2) is 14.7 Å². The van der Waals surface area contributed by atoms with Gasteiger partial charge in [0, 0.05) is 37.3 Å². The first-order chi connectivity index (χ1) is 2.00. The van der Waals surface area contributed by atoms with Gasteiger partial charge in [-0.2, -0.15) is 0 Å². The largest absolute Gasteiger partial charge is 0.466 e. The molecule has 6 heteroatoms. The molecule has 0 heterocycles. The Morgan fingerprint density at radius 2 is 1.17 bits per heavy atom. The van der Waals surface area contributed by atoms with E-state index in [1.54, 1.807) is 0 Å². The van der Waals surface area contributed by atoms with E-state index in [1.807, 2.05) is 0 Å². The van der Waals surface area contributed by atoms with Crippen molar-refractivity contribution in [2.45, 2.75) is 0 Å². The summed E-state index contributed by atoms with van der Waals surface area (Å²) in [5.74, 6) is 0. The Kier molecular flexibility index (Phi) is 5.82. The first-order valence-electron chi connectivity index (χ1n) is 0.783. The molecule has 0 rings (SSSR count). The van der Waals surface area contributed by atoms with Gasteiger partial charge in [0.25, 0.3) is 0 Å². The van der Waals surface area contributed by atoms with E-state index in [4.69, 9.17) is 19.2 Å². The smallest absolute Gasteiger partial charge is 0.303 e. The average molecular weight is 265 g/mol. The maximum Gasteiger partial charge on any atom is 0.466 e. The van der Waals surface area contributed by atoms with Gasteiger partial charge in [0.2, 0.25) is 0 Å². The molecule has 0 aliphatic rings. The van der Waals surface area contributed by atoms with Crippen molar-refractivity contribution in [1.29, 1.82) is 0 Å². The van der Waals surface area contributed by atoms with Crippen molar-refractivity contribution in [3.63, 3.8) is 0 Å². The van der Waals surface area contributed by atoms with Gasteiger partial charge in [0.05, 0.1) is 0 Å². The number of phosphoric acid groups is 1. The quantitative estimate of drug-likeness (QED) is 0.495. The molecule has 0 atom stereocenters. The van der Waals surface area contributed by atoms with Gasteiger partial charge in [0.1, 0.15) is 0 Å². The van der Waals surface area contributed by atoms with Crippen LogP contribution in [-0.2, 0) is 4.57 Å². The predicted octanol–water partition coefficient (Wildman–Crippen LogP) is -0.929. The van der Waals surface area contributed by atoms with Crippen molar-refractivity contribution in [2.75, 3.05) is 0 Å². The van der Waals surface area contributed by atoms with Crippen LogP contribution in [0.5, 0.6) is 0 Å². The van der Waals surface area contributed by atoms with Crippen LogP contribution in [0.3, 0.4) is 0 Å². The molecule has 0 unspecified atom stereocenters. The van der Waals surface area contributed by atoms with Gasteiger partial charge in [0.15, 0.2) is 0 Å². The Labute approximate surface area is 64.0 Å². The van der Waals surface area contributed by atoms with E-state index in [-0.39, 0.29) is 37.3 Å². The van der Waals surface area contributed by atoms with Crippen molar-refractivity contribution in [3.05, 3.63) is 0 Å². The van der Waals surface area contributed by atoms with Crippen LogP contribution in [0.4, 0.5) is 0 Å². The van der Waals surface area contributed by atoms with Crippen molar-refractivity contribution in [2.24, 2.45) is 0 Å². The molecule has 0 bridgehead atoms. The van der Waals surface area contributed by atoms with E-state index in [0.717, 1.165) is 0 Å². The molecule has 0 aliphatic carbocycles. The summed E-state index contributed by atoms with van der Waals surface area (Å²) < 4.78 is 8.88. The second-order valence-corrected chi connectivity index (χ2v) is 1.54. The van der Waals surface area contributed by atoms with E-state index < -0.39 is 7.82 Å². The second-order valence-electron chi connectivity index (χ2n) is 0.513. The Hall–Kier alpha value is 1.36. The van der Waals surface area contributed by atoms with Gasteiger partial charge in [-0.3, -0.25) is 0 Å². The minimum absolute atomic E-state index is 0. The predicted molar refractivity (Wildman–Crippen MR) is 14.3 cm³/mol. The van der Waals surface area contributed by atoms with Gasteiger partial charge >= 0.3 is 7.82 Å². The van der Waals surface area contributed by atoms with Crippen molar-refractivity contribution in [3.8, 4) is 0 Å². The van der Waals surface area contributed by atoms with Gasteiger partial charge in [-0.05, 0) is 0 Å². The molecule has 0 spiro atoms. The summed E-state index contributed by atoms with van der Waals surface area (Å²) in [5, 5.41) is 0. The van der Waals surface area contributed by atoms with Crippen molar-refractivity contribution in [1.82, 2.24) is 0 Å². The summed E-state index contributed by atoms with van der Waals surface area (Å²) in [5.41, 5.74) is 0. The van der Waals surface area contributed by atoms with Crippen molar-refractivity contribution < 1.29 is 56.6 Å². The fourth-order valence-corrected chi connectivity index (χ4v) is 0. The molecule has 0 aromatic carbocycles. The molecular formula is H3ErO4P. The molecule has 0 saturated carbocycles. The Morgan fingerprint density at radius 1 is 1.17 bits per heavy atom. The van der Waals surface area contributed by atoms with Crippen LogP contribution < -0.4 is 0 Å². The topological polar surface area (TPSA) is 77.8 Å². The van der Waals surface area contributed by atoms with Gasteiger partial charge in [-0.1, -0.05) is 0 Å². The third kappa shape index (κ3) is 55.2. The zero-order valence-corrected chi connectivity index (χ0v) is 5.23. The molecule has 0 radical (unpaired) electrons. The van der Waals surface area contributed by atoms with Crippen LogP contribution in [0.1, 0.15) is 0 Å². The summed E-state index contributed by atoms with van der Waals surface area (Å²) in [6.45, 7) is 0. The Balaban J connectivity index is 0. The number of rotatable bonds is 0. The monoisotopic (exact) mass is 264 g/mol. The second kappa shape index (κ2) is 3.37. The number of hydrogen-bond donors (Lipinski definition) is 3. The fraction of sp³-hybridized carbons (Fsp3) is 0. The molecule has 0 saturated heterocycles. The summed E-state index contributed by atoms with van der Waals surface area (Å²) in [4.78, 5) is 21.6. The van der Waals surface area contributed by atoms with Gasteiger partial charge in [-0.25, -0.2) is 4.57 Å². The average Bonchev–Trinajstić information content (AvgIpc) is 0.722. The van der Waals surface area contributed by atoms with Crippen LogP contribution in [0, 0.1) is 37.3 Å². The Morgan fingerprint density at radius 3 is 1.17 bits per heavy atom. The molecule has 0 fully saturated rings. The maximum absolute atomic E-state index is 8.88. The normalized spacial score (nSPS) is 9.83. The number of hydrogen-bond acceptors (Lipinski definition) is 1. The van der Waals surface area contributed by atoms with Crippen LogP contribution in [0.25, 0.3) is 0 Å². The van der Waals surface area contributed by atoms with E-state index in [0.29, 0.717) is 0 Å². The van der Waals surface area contributed by atoms with Crippen LogP contribution in [0.15, 0.2) is 0 Å². The summed E-state index contributed by atoms with van der Waals surface area (Å²) in [7, 11) is -4.64. The fourth-order valence-electron chi connectivity index (χ4n) is 0. The van der Waals surface area contributed by atoms with Gasteiger partial charge < -0.3 is 14.7 Å². The zero-order valence-electron chi connectivity index (χ0n) is 2.49. The maximum atomic E-state index is 8.88. The molecule has 4 nitrogen and oxygen atoms in total. The molecule has 0 aromatic rings. The summed E-state index contributed by atoms with van der Waals surface area (Å²) in [6.07, 6.45) is 0. The summed E-state index contributed by atoms with van der Waals surface area (Å²) in [6, 6.07) is 0. The van der Waals surface area contributed by atoms with Crippen molar-refractivity contribution >= 4 is 7.82 Å². The van der Waals surface area contributed by atoms with E-state index in [9.17, 15) is 0 Å². The van der Waals surface area contributed by atoms with Crippen LogP contribution in [0.2, 0.25) is 0 Å².